The molecule has 0 spiro atoms. The normalized spacial score (nSPS) is 17.7. The predicted octanol–water partition coefficient (Wildman–Crippen LogP) is 1.81. The first kappa shape index (κ1) is 19.3. The van der Waals surface area contributed by atoms with Crippen LogP contribution in [0.15, 0.2) is 16.1 Å². The van der Waals surface area contributed by atoms with E-state index in [-0.39, 0.29) is 29.4 Å². The molecule has 134 valence electrons. The lowest BCUT2D eigenvalue weighted by atomic mass is 10.1. The van der Waals surface area contributed by atoms with Crippen LogP contribution in [0.5, 0.6) is 0 Å². The van der Waals surface area contributed by atoms with Crippen LogP contribution in [0.1, 0.15) is 48.9 Å². The molecule has 1 aromatic heterocycles. The third-order valence-corrected chi connectivity index (χ3v) is 5.47. The highest BCUT2D eigenvalue weighted by atomic mass is 35.5. The number of halogens is 1. The first-order chi connectivity index (χ1) is 11.3. The molecule has 0 atom stereocenters. The van der Waals surface area contributed by atoms with Crippen LogP contribution in [-0.2, 0) is 6.54 Å². The molecule has 0 radical (unpaired) electrons. The number of amides is 1. The van der Waals surface area contributed by atoms with E-state index in [9.17, 15) is 9.59 Å². The number of carbonyl (C=O) groups excluding carboxylic acids is 1. The Bertz CT molecular complexity index is 615. The number of nitrogens with one attached hydrogen (secondary N) is 2. The van der Waals surface area contributed by atoms with Crippen LogP contribution in [0.2, 0.25) is 0 Å². The van der Waals surface area contributed by atoms with Crippen molar-refractivity contribution in [3.05, 3.63) is 22.1 Å². The highest BCUT2D eigenvalue weighted by Crippen LogP contribution is 2.20. The Hall–Kier alpha value is -1.05. The van der Waals surface area contributed by atoms with Gasteiger partial charge in [0.2, 0.25) is 0 Å². The number of thioether (sulfide) groups is 1. The van der Waals surface area contributed by atoms with E-state index in [1.54, 1.807) is 16.3 Å². The maximum atomic E-state index is 12.3. The molecule has 2 aliphatic rings. The summed E-state index contributed by atoms with van der Waals surface area (Å²) in [5, 5.41) is 7.04. The summed E-state index contributed by atoms with van der Waals surface area (Å²) in [6.07, 6.45) is 9.11. The zero-order valence-corrected chi connectivity index (χ0v) is 15.4. The van der Waals surface area contributed by atoms with E-state index in [0.29, 0.717) is 24.3 Å². The van der Waals surface area contributed by atoms with Gasteiger partial charge in [0, 0.05) is 37.6 Å². The Morgan fingerprint density at radius 1 is 1.25 bits per heavy atom. The van der Waals surface area contributed by atoms with Crippen molar-refractivity contribution in [3.8, 4) is 0 Å². The van der Waals surface area contributed by atoms with Gasteiger partial charge in [-0.3, -0.25) is 14.2 Å². The summed E-state index contributed by atoms with van der Waals surface area (Å²) in [6.45, 7) is 1.91. The second-order valence-corrected chi connectivity index (χ2v) is 7.22. The van der Waals surface area contributed by atoms with Gasteiger partial charge in [0.1, 0.15) is 5.56 Å². The molecule has 8 heteroatoms. The average molecular weight is 373 g/mol. The van der Waals surface area contributed by atoms with Crippen LogP contribution >= 0.6 is 24.2 Å². The molecule has 1 amide bonds. The SMILES string of the molecule is Cl.O=C(NCCNC1CCCCCC1)c1cnc2n(c1=O)CCS2. The molecule has 1 aliphatic heterocycles. The van der Waals surface area contributed by atoms with Gasteiger partial charge in [0.05, 0.1) is 0 Å². The summed E-state index contributed by atoms with van der Waals surface area (Å²) in [7, 11) is 0. The van der Waals surface area contributed by atoms with E-state index in [1.807, 2.05) is 0 Å². The number of aromatic nitrogens is 2. The molecular formula is C16H25ClN4O2S. The molecule has 24 heavy (non-hydrogen) atoms. The Morgan fingerprint density at radius 2 is 2.00 bits per heavy atom. The first-order valence-electron chi connectivity index (χ1n) is 8.50. The van der Waals surface area contributed by atoms with Crippen molar-refractivity contribution in [2.75, 3.05) is 18.8 Å². The average Bonchev–Trinajstić information content (AvgIpc) is 2.89. The highest BCUT2D eigenvalue weighted by molar-refractivity contribution is 7.99. The summed E-state index contributed by atoms with van der Waals surface area (Å²) in [5.74, 6) is 0.524. The zero-order chi connectivity index (χ0) is 16.1. The molecule has 0 saturated heterocycles. The fourth-order valence-corrected chi connectivity index (χ4v) is 4.12. The third kappa shape index (κ3) is 4.74. The van der Waals surface area contributed by atoms with Crippen molar-refractivity contribution < 1.29 is 4.79 Å². The van der Waals surface area contributed by atoms with E-state index in [0.717, 1.165) is 12.3 Å². The molecule has 0 unspecified atom stereocenters. The van der Waals surface area contributed by atoms with Gasteiger partial charge < -0.3 is 10.6 Å². The second-order valence-electron chi connectivity index (χ2n) is 6.16. The van der Waals surface area contributed by atoms with Crippen molar-refractivity contribution in [2.45, 2.75) is 56.3 Å². The zero-order valence-electron chi connectivity index (χ0n) is 13.8. The standard InChI is InChI=1S/C16H24N4O2S.ClH/c21-14(13-11-19-16-20(15(13)22)9-10-23-16)18-8-7-17-12-5-3-1-2-4-6-12;/h11-12,17H,1-10H2,(H,18,21);1H. The van der Waals surface area contributed by atoms with E-state index in [1.165, 1.54) is 44.7 Å². The molecular weight excluding hydrogens is 348 g/mol. The Balaban J connectivity index is 0.00000208. The lowest BCUT2D eigenvalue weighted by Gasteiger charge is -2.16. The molecule has 1 fully saturated rings. The number of rotatable bonds is 5. The number of fused-ring (bicyclic) bond motifs is 1. The maximum absolute atomic E-state index is 12.3. The third-order valence-electron chi connectivity index (χ3n) is 4.50. The van der Waals surface area contributed by atoms with E-state index in [4.69, 9.17) is 0 Å². The summed E-state index contributed by atoms with van der Waals surface area (Å²) in [4.78, 5) is 28.6. The summed E-state index contributed by atoms with van der Waals surface area (Å²) in [6, 6.07) is 0.568. The van der Waals surface area contributed by atoms with Crippen molar-refractivity contribution in [1.29, 1.82) is 0 Å². The Kier molecular flexibility index (Phi) is 7.58. The molecule has 2 N–H and O–H groups in total. The molecule has 1 saturated carbocycles. The van der Waals surface area contributed by atoms with Crippen LogP contribution in [0, 0.1) is 0 Å². The fourth-order valence-electron chi connectivity index (χ4n) is 3.20. The van der Waals surface area contributed by atoms with Gasteiger partial charge in [0.15, 0.2) is 5.16 Å². The Labute approximate surface area is 152 Å². The van der Waals surface area contributed by atoms with Crippen LogP contribution in [0.4, 0.5) is 0 Å². The van der Waals surface area contributed by atoms with Gasteiger partial charge in [-0.1, -0.05) is 37.4 Å². The predicted molar refractivity (Wildman–Crippen MR) is 98.3 cm³/mol. The molecule has 2 heterocycles. The van der Waals surface area contributed by atoms with E-state index in [2.05, 4.69) is 15.6 Å². The largest absolute Gasteiger partial charge is 0.351 e. The number of hydrogen-bond acceptors (Lipinski definition) is 5. The van der Waals surface area contributed by atoms with Gasteiger partial charge in [-0.05, 0) is 12.8 Å². The van der Waals surface area contributed by atoms with Crippen LogP contribution in [-0.4, -0.2) is 40.3 Å². The minimum absolute atomic E-state index is 0. The summed E-state index contributed by atoms with van der Waals surface area (Å²) < 4.78 is 1.59. The maximum Gasteiger partial charge on any atom is 0.267 e. The van der Waals surface area contributed by atoms with Gasteiger partial charge in [-0.15, -0.1) is 12.4 Å². The van der Waals surface area contributed by atoms with Gasteiger partial charge in [-0.25, -0.2) is 4.98 Å². The van der Waals surface area contributed by atoms with Crippen molar-refractivity contribution in [2.24, 2.45) is 0 Å². The minimum atomic E-state index is -0.322. The van der Waals surface area contributed by atoms with Crippen molar-refractivity contribution >= 4 is 30.1 Å². The molecule has 1 aromatic rings. The van der Waals surface area contributed by atoms with Crippen molar-refractivity contribution in [1.82, 2.24) is 20.2 Å². The first-order valence-corrected chi connectivity index (χ1v) is 9.48. The van der Waals surface area contributed by atoms with Gasteiger partial charge in [0.25, 0.3) is 11.5 Å². The molecule has 0 bridgehead atoms. The van der Waals surface area contributed by atoms with E-state index < -0.39 is 0 Å². The number of nitrogens with zero attached hydrogens (tertiary/aromatic N) is 2. The topological polar surface area (TPSA) is 76.0 Å². The highest BCUT2D eigenvalue weighted by Gasteiger charge is 2.19. The van der Waals surface area contributed by atoms with Crippen molar-refractivity contribution in [3.63, 3.8) is 0 Å². The summed E-state index contributed by atoms with van der Waals surface area (Å²) in [5.41, 5.74) is -0.0834. The lowest BCUT2D eigenvalue weighted by molar-refractivity contribution is 0.0950. The Morgan fingerprint density at radius 3 is 2.75 bits per heavy atom. The quantitative estimate of drug-likeness (QED) is 0.468. The molecule has 3 rings (SSSR count). The fraction of sp³-hybridized carbons (Fsp3) is 0.688. The van der Waals surface area contributed by atoms with Gasteiger partial charge in [-0.2, -0.15) is 0 Å². The number of carbonyl (C=O) groups is 1. The molecule has 6 nitrogen and oxygen atoms in total. The molecule has 0 aromatic carbocycles. The van der Waals surface area contributed by atoms with Crippen LogP contribution < -0.4 is 16.2 Å². The molecule has 1 aliphatic carbocycles. The lowest BCUT2D eigenvalue weighted by Crippen LogP contribution is -2.39. The number of hydrogen-bond donors (Lipinski definition) is 2. The van der Waals surface area contributed by atoms with Crippen LogP contribution in [0.25, 0.3) is 0 Å². The minimum Gasteiger partial charge on any atom is -0.351 e. The van der Waals surface area contributed by atoms with Gasteiger partial charge >= 0.3 is 0 Å². The smallest absolute Gasteiger partial charge is 0.267 e. The summed E-state index contributed by atoms with van der Waals surface area (Å²) >= 11 is 1.55. The monoisotopic (exact) mass is 372 g/mol. The van der Waals surface area contributed by atoms with Crippen LogP contribution in [0.3, 0.4) is 0 Å². The second kappa shape index (κ2) is 9.44. The van der Waals surface area contributed by atoms with E-state index >= 15 is 0 Å².